The molecule has 0 radical (unpaired) electrons. The third-order valence-electron chi connectivity index (χ3n) is 2.65. The van der Waals surface area contributed by atoms with E-state index in [1.54, 1.807) is 6.26 Å². The normalized spacial score (nSPS) is 16.1. The summed E-state index contributed by atoms with van der Waals surface area (Å²) in [5, 5.41) is 9.93. The fourth-order valence-corrected chi connectivity index (χ4v) is 2.34. The molecule has 2 unspecified atom stereocenters. The van der Waals surface area contributed by atoms with Crippen LogP contribution in [0.3, 0.4) is 0 Å². The fourth-order valence-electron chi connectivity index (χ4n) is 2.34. The van der Waals surface area contributed by atoms with E-state index < -0.39 is 0 Å². The van der Waals surface area contributed by atoms with Crippen LogP contribution in [-0.4, -0.2) is 11.2 Å². The Morgan fingerprint density at radius 1 is 1.38 bits per heavy atom. The lowest BCUT2D eigenvalue weighted by atomic mass is 9.83. The highest BCUT2D eigenvalue weighted by atomic mass is 16.3. The summed E-state index contributed by atoms with van der Waals surface area (Å²) in [6, 6.07) is 3.78. The predicted molar refractivity (Wildman–Crippen MR) is 66.3 cm³/mol. The Kier molecular flexibility index (Phi) is 4.60. The van der Waals surface area contributed by atoms with E-state index in [0.29, 0.717) is 17.8 Å². The zero-order valence-electron chi connectivity index (χ0n) is 10.9. The molecule has 0 saturated carbocycles. The van der Waals surface area contributed by atoms with Gasteiger partial charge in [-0.3, -0.25) is 0 Å². The summed E-state index contributed by atoms with van der Waals surface area (Å²) >= 11 is 0. The molecule has 0 bridgehead atoms. The molecule has 0 fully saturated rings. The maximum absolute atomic E-state index is 9.93. The molecule has 2 nitrogen and oxygen atoms in total. The minimum atomic E-state index is -0.288. The molecule has 2 atom stereocenters. The highest BCUT2D eigenvalue weighted by molar-refractivity contribution is 4.99. The summed E-state index contributed by atoms with van der Waals surface area (Å²) in [6.45, 7) is 8.92. The van der Waals surface area contributed by atoms with Gasteiger partial charge in [-0.05, 0) is 36.3 Å². The number of furan rings is 1. The third-order valence-corrected chi connectivity index (χ3v) is 2.65. The average Bonchev–Trinajstić information content (AvgIpc) is 2.51. The first kappa shape index (κ1) is 13.3. The lowest BCUT2D eigenvalue weighted by molar-refractivity contribution is 0.127. The molecule has 0 amide bonds. The second kappa shape index (κ2) is 5.53. The summed E-state index contributed by atoms with van der Waals surface area (Å²) in [5.74, 6) is 1.42. The van der Waals surface area contributed by atoms with Crippen molar-refractivity contribution in [3.8, 4) is 0 Å². The summed E-state index contributed by atoms with van der Waals surface area (Å²) in [6.07, 6.45) is 3.98. The molecule has 1 aromatic heterocycles. The Labute approximate surface area is 98.7 Å². The first-order valence-electron chi connectivity index (χ1n) is 6.07. The molecule has 0 saturated heterocycles. The van der Waals surface area contributed by atoms with E-state index in [0.717, 1.165) is 18.6 Å². The van der Waals surface area contributed by atoms with Crippen LogP contribution in [0, 0.1) is 11.3 Å². The second-order valence-electron chi connectivity index (χ2n) is 6.04. The van der Waals surface area contributed by atoms with Crippen LogP contribution in [0.4, 0.5) is 0 Å². The Morgan fingerprint density at radius 3 is 2.56 bits per heavy atom. The van der Waals surface area contributed by atoms with Crippen molar-refractivity contribution in [3.63, 3.8) is 0 Å². The summed E-state index contributed by atoms with van der Waals surface area (Å²) in [7, 11) is 0. The SMILES string of the molecule is CC(CC(O)Cc1ccco1)CC(C)(C)C. The van der Waals surface area contributed by atoms with Gasteiger partial charge < -0.3 is 9.52 Å². The van der Waals surface area contributed by atoms with Gasteiger partial charge >= 0.3 is 0 Å². The van der Waals surface area contributed by atoms with Crippen molar-refractivity contribution in [2.24, 2.45) is 11.3 Å². The maximum atomic E-state index is 9.93. The zero-order chi connectivity index (χ0) is 12.2. The number of hydrogen-bond acceptors (Lipinski definition) is 2. The van der Waals surface area contributed by atoms with Crippen molar-refractivity contribution < 1.29 is 9.52 Å². The average molecular weight is 224 g/mol. The number of aliphatic hydroxyl groups is 1. The van der Waals surface area contributed by atoms with Crippen molar-refractivity contribution in [2.75, 3.05) is 0 Å². The second-order valence-corrected chi connectivity index (χ2v) is 6.04. The van der Waals surface area contributed by atoms with Gasteiger partial charge in [0.15, 0.2) is 0 Å². The predicted octanol–water partition coefficient (Wildman–Crippen LogP) is 3.65. The van der Waals surface area contributed by atoms with Gasteiger partial charge in [-0.2, -0.15) is 0 Å². The van der Waals surface area contributed by atoms with Gasteiger partial charge in [0.05, 0.1) is 12.4 Å². The van der Waals surface area contributed by atoms with Crippen LogP contribution in [0.1, 0.15) is 46.3 Å². The lowest BCUT2D eigenvalue weighted by Crippen LogP contribution is -2.18. The highest BCUT2D eigenvalue weighted by Crippen LogP contribution is 2.27. The van der Waals surface area contributed by atoms with E-state index in [-0.39, 0.29) is 6.10 Å². The molecular weight excluding hydrogens is 200 g/mol. The van der Waals surface area contributed by atoms with E-state index in [1.165, 1.54) is 0 Å². The van der Waals surface area contributed by atoms with Crippen molar-refractivity contribution in [3.05, 3.63) is 24.2 Å². The first-order chi connectivity index (χ1) is 7.37. The first-order valence-corrected chi connectivity index (χ1v) is 6.07. The van der Waals surface area contributed by atoms with Crippen molar-refractivity contribution in [1.29, 1.82) is 0 Å². The molecule has 1 aromatic rings. The van der Waals surface area contributed by atoms with Gasteiger partial charge in [-0.15, -0.1) is 0 Å². The largest absolute Gasteiger partial charge is 0.469 e. The van der Waals surface area contributed by atoms with E-state index in [2.05, 4.69) is 27.7 Å². The van der Waals surface area contributed by atoms with Gasteiger partial charge in [-0.25, -0.2) is 0 Å². The quantitative estimate of drug-likeness (QED) is 0.828. The van der Waals surface area contributed by atoms with Crippen LogP contribution in [0.2, 0.25) is 0 Å². The van der Waals surface area contributed by atoms with Crippen molar-refractivity contribution in [2.45, 2.75) is 53.1 Å². The van der Waals surface area contributed by atoms with Gasteiger partial charge in [0.2, 0.25) is 0 Å². The van der Waals surface area contributed by atoms with Crippen LogP contribution in [0.15, 0.2) is 22.8 Å². The van der Waals surface area contributed by atoms with E-state index >= 15 is 0 Å². The molecular formula is C14H24O2. The van der Waals surface area contributed by atoms with E-state index in [4.69, 9.17) is 4.42 Å². The smallest absolute Gasteiger partial charge is 0.106 e. The Hall–Kier alpha value is -0.760. The maximum Gasteiger partial charge on any atom is 0.106 e. The Bertz CT molecular complexity index is 282. The van der Waals surface area contributed by atoms with Crippen molar-refractivity contribution >= 4 is 0 Å². The number of rotatable bonds is 5. The van der Waals surface area contributed by atoms with E-state index in [9.17, 15) is 5.11 Å². The van der Waals surface area contributed by atoms with Gasteiger partial charge in [0.1, 0.15) is 5.76 Å². The van der Waals surface area contributed by atoms with Crippen LogP contribution in [0.25, 0.3) is 0 Å². The third kappa shape index (κ3) is 5.36. The van der Waals surface area contributed by atoms with Crippen molar-refractivity contribution in [1.82, 2.24) is 0 Å². The summed E-state index contributed by atoms with van der Waals surface area (Å²) in [4.78, 5) is 0. The van der Waals surface area contributed by atoms with Crippen LogP contribution < -0.4 is 0 Å². The van der Waals surface area contributed by atoms with Gasteiger partial charge in [0.25, 0.3) is 0 Å². The topological polar surface area (TPSA) is 33.4 Å². The van der Waals surface area contributed by atoms with Crippen LogP contribution in [-0.2, 0) is 6.42 Å². The zero-order valence-corrected chi connectivity index (χ0v) is 10.9. The molecule has 16 heavy (non-hydrogen) atoms. The summed E-state index contributed by atoms with van der Waals surface area (Å²) in [5.41, 5.74) is 0.337. The Balaban J connectivity index is 2.31. The fraction of sp³-hybridized carbons (Fsp3) is 0.714. The molecule has 92 valence electrons. The number of hydrogen-bond donors (Lipinski definition) is 1. The minimum absolute atomic E-state index is 0.288. The number of aliphatic hydroxyl groups excluding tert-OH is 1. The van der Waals surface area contributed by atoms with Crippen LogP contribution >= 0.6 is 0 Å². The molecule has 1 rings (SSSR count). The highest BCUT2D eigenvalue weighted by Gasteiger charge is 2.18. The molecule has 0 aromatic carbocycles. The summed E-state index contributed by atoms with van der Waals surface area (Å²) < 4.78 is 5.23. The molecule has 0 spiro atoms. The van der Waals surface area contributed by atoms with E-state index in [1.807, 2.05) is 12.1 Å². The minimum Gasteiger partial charge on any atom is -0.469 e. The molecule has 0 aliphatic heterocycles. The molecule has 2 heteroatoms. The Morgan fingerprint density at radius 2 is 2.06 bits per heavy atom. The molecule has 1 N–H and O–H groups in total. The standard InChI is InChI=1S/C14H24O2/c1-11(10-14(2,3)4)8-12(15)9-13-6-5-7-16-13/h5-7,11-12,15H,8-10H2,1-4H3. The molecule has 0 aliphatic rings. The van der Waals surface area contributed by atoms with Gasteiger partial charge in [-0.1, -0.05) is 27.7 Å². The van der Waals surface area contributed by atoms with Crippen LogP contribution in [0.5, 0.6) is 0 Å². The monoisotopic (exact) mass is 224 g/mol. The molecule has 1 heterocycles. The van der Waals surface area contributed by atoms with Gasteiger partial charge in [0, 0.05) is 6.42 Å². The molecule has 0 aliphatic carbocycles. The lowest BCUT2D eigenvalue weighted by Gasteiger charge is -2.24.